The standard InChI is InChI=1S/C18H17ClN2O2S/c1-11-8-14(13(3)21(11)18-9-12(2)23-20-18)16(22)10-24-17-7-5-4-6-15(17)19/h4-9H,10H2,1-3H3. The van der Waals surface area contributed by atoms with E-state index < -0.39 is 0 Å². The van der Waals surface area contributed by atoms with E-state index in [1.54, 1.807) is 0 Å². The SMILES string of the molecule is Cc1cc(-n2c(C)cc(C(=O)CSc3ccccc3Cl)c2C)no1. The number of nitrogens with zero attached hydrogens (tertiary/aromatic N) is 2. The van der Waals surface area contributed by atoms with E-state index in [-0.39, 0.29) is 5.78 Å². The molecule has 0 bridgehead atoms. The largest absolute Gasteiger partial charge is 0.360 e. The number of aryl methyl sites for hydroxylation is 2. The molecule has 2 heterocycles. The summed E-state index contributed by atoms with van der Waals surface area (Å²) in [5, 5.41) is 4.71. The Labute approximate surface area is 149 Å². The Hall–Kier alpha value is -1.98. The molecule has 0 fully saturated rings. The van der Waals surface area contributed by atoms with Crippen molar-refractivity contribution in [1.82, 2.24) is 9.72 Å². The van der Waals surface area contributed by atoms with Crippen molar-refractivity contribution in [1.29, 1.82) is 0 Å². The Balaban J connectivity index is 1.82. The third-order valence-corrected chi connectivity index (χ3v) is 5.29. The lowest BCUT2D eigenvalue weighted by Gasteiger charge is -2.06. The Morgan fingerprint density at radius 1 is 1.25 bits per heavy atom. The van der Waals surface area contributed by atoms with E-state index in [2.05, 4.69) is 5.16 Å². The Kier molecular flexibility index (Phi) is 4.83. The monoisotopic (exact) mass is 360 g/mol. The molecule has 24 heavy (non-hydrogen) atoms. The second-order valence-corrected chi connectivity index (χ2v) is 6.98. The van der Waals surface area contributed by atoms with Gasteiger partial charge >= 0.3 is 0 Å². The summed E-state index contributed by atoms with van der Waals surface area (Å²) in [5.74, 6) is 1.84. The van der Waals surface area contributed by atoms with Gasteiger partial charge in [0.05, 0.1) is 10.8 Å². The molecule has 0 spiro atoms. The van der Waals surface area contributed by atoms with Gasteiger partial charge in [-0.25, -0.2) is 0 Å². The van der Waals surface area contributed by atoms with Crippen LogP contribution >= 0.6 is 23.4 Å². The molecule has 0 atom stereocenters. The lowest BCUT2D eigenvalue weighted by atomic mass is 10.2. The van der Waals surface area contributed by atoms with Gasteiger partial charge in [-0.15, -0.1) is 11.8 Å². The first-order valence-electron chi connectivity index (χ1n) is 7.50. The maximum absolute atomic E-state index is 12.6. The fourth-order valence-electron chi connectivity index (χ4n) is 2.64. The number of ketones is 1. The van der Waals surface area contributed by atoms with Crippen LogP contribution in [0.3, 0.4) is 0 Å². The lowest BCUT2D eigenvalue weighted by Crippen LogP contribution is -2.05. The number of hydrogen-bond donors (Lipinski definition) is 0. The highest BCUT2D eigenvalue weighted by atomic mass is 35.5. The summed E-state index contributed by atoms with van der Waals surface area (Å²) in [5.41, 5.74) is 2.52. The van der Waals surface area contributed by atoms with E-state index in [4.69, 9.17) is 16.1 Å². The Morgan fingerprint density at radius 2 is 2.00 bits per heavy atom. The number of carbonyl (C=O) groups excluding carboxylic acids is 1. The first-order valence-corrected chi connectivity index (χ1v) is 8.87. The molecule has 3 rings (SSSR count). The second-order valence-electron chi connectivity index (χ2n) is 5.56. The van der Waals surface area contributed by atoms with Crippen molar-refractivity contribution >= 4 is 29.1 Å². The van der Waals surface area contributed by atoms with Crippen LogP contribution in [0.4, 0.5) is 0 Å². The Bertz CT molecular complexity index is 898. The van der Waals surface area contributed by atoms with Gasteiger partial charge in [-0.3, -0.25) is 9.36 Å². The van der Waals surface area contributed by atoms with Crippen molar-refractivity contribution < 1.29 is 9.32 Å². The van der Waals surface area contributed by atoms with E-state index >= 15 is 0 Å². The number of benzene rings is 1. The van der Waals surface area contributed by atoms with E-state index in [1.165, 1.54) is 11.8 Å². The number of Topliss-reactive ketones (excluding diaryl/α,β-unsaturated/α-hetero) is 1. The van der Waals surface area contributed by atoms with Crippen LogP contribution in [0.2, 0.25) is 5.02 Å². The maximum Gasteiger partial charge on any atom is 0.180 e. The first kappa shape index (κ1) is 16.9. The minimum Gasteiger partial charge on any atom is -0.360 e. The third kappa shape index (κ3) is 3.28. The van der Waals surface area contributed by atoms with Crippen LogP contribution in [-0.4, -0.2) is 21.3 Å². The highest BCUT2D eigenvalue weighted by molar-refractivity contribution is 8.00. The molecular formula is C18H17ClN2O2S. The number of rotatable bonds is 5. The zero-order valence-electron chi connectivity index (χ0n) is 13.7. The molecule has 0 radical (unpaired) electrons. The smallest absolute Gasteiger partial charge is 0.180 e. The van der Waals surface area contributed by atoms with Crippen molar-refractivity contribution in [2.75, 3.05) is 5.75 Å². The molecule has 0 aliphatic carbocycles. The van der Waals surface area contributed by atoms with Gasteiger partial charge in [-0.2, -0.15) is 0 Å². The molecule has 2 aromatic heterocycles. The van der Waals surface area contributed by atoms with Crippen LogP contribution in [-0.2, 0) is 0 Å². The molecule has 3 aromatic rings. The van der Waals surface area contributed by atoms with Crippen LogP contribution in [0.5, 0.6) is 0 Å². The van der Waals surface area contributed by atoms with Crippen LogP contribution in [0.1, 0.15) is 27.5 Å². The summed E-state index contributed by atoms with van der Waals surface area (Å²) in [7, 11) is 0. The van der Waals surface area contributed by atoms with Crippen LogP contribution in [0.15, 0.2) is 45.8 Å². The summed E-state index contributed by atoms with van der Waals surface area (Å²) >= 11 is 7.59. The predicted molar refractivity (Wildman–Crippen MR) is 96.5 cm³/mol. The van der Waals surface area contributed by atoms with Gasteiger partial charge in [0.2, 0.25) is 0 Å². The zero-order valence-corrected chi connectivity index (χ0v) is 15.2. The molecule has 0 unspecified atom stereocenters. The number of carbonyl (C=O) groups is 1. The number of hydrogen-bond acceptors (Lipinski definition) is 4. The Morgan fingerprint density at radius 3 is 2.67 bits per heavy atom. The summed E-state index contributed by atoms with van der Waals surface area (Å²) in [4.78, 5) is 13.5. The minimum absolute atomic E-state index is 0.0690. The first-order chi connectivity index (χ1) is 11.5. The lowest BCUT2D eigenvalue weighted by molar-refractivity contribution is 0.102. The molecule has 0 N–H and O–H groups in total. The van der Waals surface area contributed by atoms with Gasteiger partial charge in [-0.1, -0.05) is 28.9 Å². The average Bonchev–Trinajstić information content (AvgIpc) is 3.09. The highest BCUT2D eigenvalue weighted by Crippen LogP contribution is 2.28. The minimum atomic E-state index is 0.0690. The van der Waals surface area contributed by atoms with Gasteiger partial charge < -0.3 is 4.52 Å². The van der Waals surface area contributed by atoms with Crippen molar-refractivity contribution in [2.45, 2.75) is 25.7 Å². The van der Waals surface area contributed by atoms with Crippen LogP contribution < -0.4 is 0 Å². The summed E-state index contributed by atoms with van der Waals surface area (Å²) in [6, 6.07) is 11.3. The number of aromatic nitrogens is 2. The summed E-state index contributed by atoms with van der Waals surface area (Å²) in [6.45, 7) is 5.72. The van der Waals surface area contributed by atoms with Gasteiger partial charge in [0.25, 0.3) is 0 Å². The van der Waals surface area contributed by atoms with Gasteiger partial charge in [0, 0.05) is 27.9 Å². The third-order valence-electron chi connectivity index (χ3n) is 3.77. The molecule has 0 aliphatic heterocycles. The maximum atomic E-state index is 12.6. The van der Waals surface area contributed by atoms with Gasteiger partial charge in [0.15, 0.2) is 11.6 Å². The fraction of sp³-hybridized carbons (Fsp3) is 0.222. The predicted octanol–water partition coefficient (Wildman–Crippen LogP) is 5.02. The van der Waals surface area contributed by atoms with E-state index in [0.717, 1.165) is 22.0 Å². The van der Waals surface area contributed by atoms with E-state index in [9.17, 15) is 4.79 Å². The molecule has 0 aliphatic rings. The van der Waals surface area contributed by atoms with E-state index in [0.29, 0.717) is 22.2 Å². The molecule has 0 saturated carbocycles. The topological polar surface area (TPSA) is 48.0 Å². The van der Waals surface area contributed by atoms with Crippen molar-refractivity contribution in [3.8, 4) is 5.82 Å². The molecule has 6 heteroatoms. The van der Waals surface area contributed by atoms with Crippen molar-refractivity contribution in [3.63, 3.8) is 0 Å². The van der Waals surface area contributed by atoms with Crippen LogP contribution in [0, 0.1) is 20.8 Å². The number of halogens is 1. The quantitative estimate of drug-likeness (QED) is 0.473. The molecular weight excluding hydrogens is 344 g/mol. The average molecular weight is 361 g/mol. The van der Waals surface area contributed by atoms with Crippen molar-refractivity contribution in [2.24, 2.45) is 0 Å². The molecule has 1 aromatic carbocycles. The molecule has 0 saturated heterocycles. The van der Waals surface area contributed by atoms with Crippen molar-refractivity contribution in [3.05, 3.63) is 64.1 Å². The van der Waals surface area contributed by atoms with Gasteiger partial charge in [-0.05, 0) is 39.0 Å². The summed E-state index contributed by atoms with van der Waals surface area (Å²) < 4.78 is 7.08. The number of thioether (sulfide) groups is 1. The molecule has 124 valence electrons. The molecule has 0 amide bonds. The molecule has 4 nitrogen and oxygen atoms in total. The van der Waals surface area contributed by atoms with E-state index in [1.807, 2.05) is 61.7 Å². The van der Waals surface area contributed by atoms with Crippen LogP contribution in [0.25, 0.3) is 5.82 Å². The second kappa shape index (κ2) is 6.87. The zero-order chi connectivity index (χ0) is 17.3. The highest BCUT2D eigenvalue weighted by Gasteiger charge is 2.18. The van der Waals surface area contributed by atoms with Gasteiger partial charge in [0.1, 0.15) is 5.76 Å². The summed E-state index contributed by atoms with van der Waals surface area (Å²) in [6.07, 6.45) is 0. The normalized spacial score (nSPS) is 11.0. The fourth-order valence-corrected chi connectivity index (χ4v) is 3.76.